The van der Waals surface area contributed by atoms with Crippen LogP contribution in [0.15, 0.2) is 24.3 Å². The molecule has 0 saturated heterocycles. The van der Waals surface area contributed by atoms with Crippen LogP contribution in [-0.2, 0) is 4.74 Å². The van der Waals surface area contributed by atoms with Gasteiger partial charge in [-0.25, -0.2) is 4.79 Å². The van der Waals surface area contributed by atoms with Crippen molar-refractivity contribution in [3.63, 3.8) is 0 Å². The first-order valence-electron chi connectivity index (χ1n) is 10.7. The Morgan fingerprint density at radius 1 is 0.778 bits per heavy atom. The Balaban J connectivity index is 0.00000676. The normalized spacial score (nSPS) is 10.4. The van der Waals surface area contributed by atoms with Gasteiger partial charge in [-0.15, -0.1) is 0 Å². The Kier molecular flexibility index (Phi) is 19.4. The molecule has 0 spiro atoms. The number of hydrogen-bond donors (Lipinski definition) is 1. The summed E-state index contributed by atoms with van der Waals surface area (Å²) >= 11 is 0. The van der Waals surface area contributed by atoms with Gasteiger partial charge in [0.2, 0.25) is 0 Å². The predicted molar refractivity (Wildman–Crippen MR) is 114 cm³/mol. The first-order chi connectivity index (χ1) is 12.8. The molecule has 4 heteroatoms. The van der Waals surface area contributed by atoms with E-state index in [2.05, 4.69) is 6.92 Å². The number of rotatable bonds is 16. The zero-order chi connectivity index (χ0) is 18.9. The molecule has 0 aromatic heterocycles. The van der Waals surface area contributed by atoms with E-state index in [0.717, 1.165) is 12.8 Å². The van der Waals surface area contributed by atoms with Crippen molar-refractivity contribution in [2.45, 2.75) is 96.8 Å². The molecule has 1 N–H and O–H groups in total. The van der Waals surface area contributed by atoms with Crippen molar-refractivity contribution in [1.82, 2.24) is 0 Å². The van der Waals surface area contributed by atoms with Gasteiger partial charge in [0.05, 0.1) is 6.61 Å². The molecule has 0 radical (unpaired) electrons. The summed E-state index contributed by atoms with van der Waals surface area (Å²) in [4.78, 5) is 11.8. The number of benzene rings is 1. The number of aromatic hydroxyl groups is 1. The van der Waals surface area contributed by atoms with Crippen LogP contribution in [0.25, 0.3) is 0 Å². The van der Waals surface area contributed by atoms with Crippen LogP contribution in [0.4, 0.5) is 0 Å². The van der Waals surface area contributed by atoms with Crippen LogP contribution >= 0.6 is 0 Å². The molecule has 0 fully saturated rings. The van der Waals surface area contributed by atoms with Gasteiger partial charge in [0.15, 0.2) is 0 Å². The van der Waals surface area contributed by atoms with Crippen LogP contribution < -0.4 is 0 Å². The number of carbonyl (C=O) groups is 1. The number of phenolic OH excluding ortho intramolecular Hbond substituents is 1. The molecule has 0 bridgehead atoms. The standard InChI is InChI=1S/C23H38O3.Ba/c1-2-3-4-5-6-7-8-9-10-11-12-13-14-17-20-26-23(25)21-18-15-16-19-22(21)24;/h15-16,18-19,24H,2-14,17,20H2,1H3;/q;+2. The fraction of sp³-hybridized carbons (Fsp3) is 0.696. The monoisotopic (exact) mass is 500 g/mol. The summed E-state index contributed by atoms with van der Waals surface area (Å²) < 4.78 is 5.22. The van der Waals surface area contributed by atoms with Gasteiger partial charge in [0, 0.05) is 0 Å². The molecule has 0 aliphatic carbocycles. The van der Waals surface area contributed by atoms with E-state index in [-0.39, 0.29) is 60.2 Å². The van der Waals surface area contributed by atoms with Crippen molar-refractivity contribution < 1.29 is 14.6 Å². The summed E-state index contributed by atoms with van der Waals surface area (Å²) in [7, 11) is 0. The van der Waals surface area contributed by atoms with Crippen molar-refractivity contribution >= 4 is 54.9 Å². The largest absolute Gasteiger partial charge is 2.00 e. The van der Waals surface area contributed by atoms with Crippen molar-refractivity contribution in [3.05, 3.63) is 29.8 Å². The number of unbranched alkanes of at least 4 members (excludes halogenated alkanes) is 13. The molecule has 1 aromatic rings. The van der Waals surface area contributed by atoms with Gasteiger partial charge in [-0.2, -0.15) is 0 Å². The molecule has 0 saturated carbocycles. The van der Waals surface area contributed by atoms with Crippen LogP contribution in [0.3, 0.4) is 0 Å². The van der Waals surface area contributed by atoms with Gasteiger partial charge >= 0.3 is 54.9 Å². The summed E-state index contributed by atoms with van der Waals surface area (Å²) in [5.74, 6) is -0.448. The Morgan fingerprint density at radius 3 is 1.70 bits per heavy atom. The molecule has 148 valence electrons. The van der Waals surface area contributed by atoms with Crippen LogP contribution in [0.5, 0.6) is 5.75 Å². The van der Waals surface area contributed by atoms with Gasteiger partial charge in [0.25, 0.3) is 0 Å². The maximum atomic E-state index is 11.8. The third-order valence-electron chi connectivity index (χ3n) is 4.86. The minimum Gasteiger partial charge on any atom is -0.507 e. The van der Waals surface area contributed by atoms with E-state index in [0.29, 0.717) is 6.61 Å². The van der Waals surface area contributed by atoms with E-state index in [1.54, 1.807) is 18.2 Å². The molecule has 0 amide bonds. The quantitative estimate of drug-likeness (QED) is 0.157. The number of esters is 1. The van der Waals surface area contributed by atoms with E-state index < -0.39 is 5.97 Å². The number of ether oxygens (including phenoxy) is 1. The predicted octanol–water partition coefficient (Wildman–Crippen LogP) is 6.65. The molecule has 1 aromatic carbocycles. The van der Waals surface area contributed by atoms with Gasteiger partial charge in [-0.3, -0.25) is 0 Å². The van der Waals surface area contributed by atoms with E-state index in [4.69, 9.17) is 4.74 Å². The third kappa shape index (κ3) is 14.7. The van der Waals surface area contributed by atoms with E-state index in [1.165, 1.54) is 83.1 Å². The fourth-order valence-electron chi connectivity index (χ4n) is 3.19. The topological polar surface area (TPSA) is 46.5 Å². The van der Waals surface area contributed by atoms with Crippen molar-refractivity contribution in [3.8, 4) is 5.75 Å². The van der Waals surface area contributed by atoms with Crippen molar-refractivity contribution in [1.29, 1.82) is 0 Å². The third-order valence-corrected chi connectivity index (χ3v) is 4.86. The van der Waals surface area contributed by atoms with Crippen LogP contribution in [-0.4, -0.2) is 66.6 Å². The van der Waals surface area contributed by atoms with Crippen molar-refractivity contribution in [2.75, 3.05) is 6.61 Å². The molecule has 0 aliphatic heterocycles. The molecule has 0 aliphatic rings. The first-order valence-corrected chi connectivity index (χ1v) is 10.7. The maximum absolute atomic E-state index is 11.8. The summed E-state index contributed by atoms with van der Waals surface area (Å²) in [5, 5.41) is 9.61. The summed E-state index contributed by atoms with van der Waals surface area (Å²) in [6.07, 6.45) is 18.3. The number of phenols is 1. The number of hydrogen-bond acceptors (Lipinski definition) is 3. The minimum atomic E-state index is -0.433. The smallest absolute Gasteiger partial charge is 0.507 e. The average Bonchev–Trinajstić information content (AvgIpc) is 2.65. The molecule has 27 heavy (non-hydrogen) atoms. The second-order valence-electron chi connectivity index (χ2n) is 7.25. The van der Waals surface area contributed by atoms with E-state index in [1.807, 2.05) is 0 Å². The zero-order valence-electron chi connectivity index (χ0n) is 17.4. The average molecular weight is 500 g/mol. The Morgan fingerprint density at radius 2 is 1.22 bits per heavy atom. The number of carbonyl (C=O) groups excluding carboxylic acids is 1. The van der Waals surface area contributed by atoms with Gasteiger partial charge in [0.1, 0.15) is 11.3 Å². The molecule has 0 unspecified atom stereocenters. The summed E-state index contributed by atoms with van der Waals surface area (Å²) in [6, 6.07) is 6.51. The van der Waals surface area contributed by atoms with Crippen LogP contribution in [0.2, 0.25) is 0 Å². The van der Waals surface area contributed by atoms with E-state index >= 15 is 0 Å². The van der Waals surface area contributed by atoms with Gasteiger partial charge < -0.3 is 9.84 Å². The Bertz CT molecular complexity index is 476. The van der Waals surface area contributed by atoms with Crippen LogP contribution in [0, 0.1) is 0 Å². The minimum absolute atomic E-state index is 0. The maximum Gasteiger partial charge on any atom is 2.00 e. The van der Waals surface area contributed by atoms with Gasteiger partial charge in [-0.1, -0.05) is 103 Å². The molecular formula is C23H38BaO3+2. The second kappa shape index (κ2) is 19.4. The second-order valence-corrected chi connectivity index (χ2v) is 7.25. The molecular weight excluding hydrogens is 462 g/mol. The summed E-state index contributed by atoms with van der Waals surface area (Å²) in [5.41, 5.74) is 0.248. The Labute approximate surface area is 206 Å². The molecule has 3 nitrogen and oxygen atoms in total. The van der Waals surface area contributed by atoms with E-state index in [9.17, 15) is 9.90 Å². The summed E-state index contributed by atoms with van der Waals surface area (Å²) in [6.45, 7) is 2.70. The first kappa shape index (κ1) is 27.1. The SMILES string of the molecule is CCCCCCCCCCCCCCCCOC(=O)c1ccccc1O.[Ba+2]. The molecule has 0 atom stereocenters. The molecule has 0 heterocycles. The number of para-hydroxylation sites is 1. The Hall–Kier alpha value is 0.0614. The molecule has 1 rings (SSSR count). The van der Waals surface area contributed by atoms with Gasteiger partial charge in [-0.05, 0) is 18.6 Å². The zero-order valence-corrected chi connectivity index (χ0v) is 21.8. The fourth-order valence-corrected chi connectivity index (χ4v) is 3.19. The van der Waals surface area contributed by atoms with Crippen molar-refractivity contribution in [2.24, 2.45) is 0 Å². The van der Waals surface area contributed by atoms with Crippen LogP contribution in [0.1, 0.15) is 107 Å².